The van der Waals surface area contributed by atoms with Crippen LogP contribution in [0.25, 0.3) is 22.0 Å². The number of amides is 1. The summed E-state index contributed by atoms with van der Waals surface area (Å²) < 4.78 is 28.5. The Morgan fingerprint density at radius 1 is 1.35 bits per heavy atom. The van der Waals surface area contributed by atoms with E-state index in [1.165, 1.54) is 24.4 Å². The second kappa shape index (κ2) is 6.87. The predicted molar refractivity (Wildman–Crippen MR) is 90.9 cm³/mol. The van der Waals surface area contributed by atoms with Gasteiger partial charge in [-0.15, -0.1) is 0 Å². The van der Waals surface area contributed by atoms with Crippen molar-refractivity contribution in [1.29, 1.82) is 0 Å². The largest absolute Gasteiger partial charge is 0.594 e. The molecular weight excluding hydrogens is 344 g/mol. The molecule has 0 fully saturated rings. The summed E-state index contributed by atoms with van der Waals surface area (Å²) in [6, 6.07) is 5.11. The van der Waals surface area contributed by atoms with Gasteiger partial charge in [0.1, 0.15) is 11.5 Å². The van der Waals surface area contributed by atoms with Crippen molar-refractivity contribution in [2.24, 2.45) is 0 Å². The van der Waals surface area contributed by atoms with Crippen LogP contribution in [0.3, 0.4) is 0 Å². The highest BCUT2D eigenvalue weighted by Crippen LogP contribution is 2.33. The molecule has 9 heteroatoms. The molecule has 0 saturated heterocycles. The molecule has 3 aromatic rings. The molecule has 2 aromatic heterocycles. The number of nitrogen functional groups attached to an aromatic ring is 1. The standard InChI is InChI=1S/C17H15F2N5O2/c1-2-7-22-17(25)15-13(20)10-5-6-11(18)12(14(10)23-24(15)26)9-4-3-8-21-16(9)19/h3-6,8H,2,7,20H2,1H3,(H,22,25). The predicted octanol–water partition coefficient (Wildman–Crippen LogP) is 1.93. The fraction of sp³-hybridized carbons (Fsp3) is 0.176. The zero-order chi connectivity index (χ0) is 18.8. The van der Waals surface area contributed by atoms with Crippen LogP contribution in [0.5, 0.6) is 0 Å². The number of benzene rings is 1. The number of hydrogen-bond donors (Lipinski definition) is 2. The molecule has 0 unspecified atom stereocenters. The van der Waals surface area contributed by atoms with Crippen molar-refractivity contribution in [1.82, 2.24) is 15.4 Å². The van der Waals surface area contributed by atoms with Gasteiger partial charge in [0, 0.05) is 28.8 Å². The molecule has 0 atom stereocenters. The summed E-state index contributed by atoms with van der Waals surface area (Å²) in [6.07, 6.45) is 1.88. The lowest BCUT2D eigenvalue weighted by atomic mass is 10.0. The molecule has 0 saturated carbocycles. The highest BCUT2D eigenvalue weighted by molar-refractivity contribution is 6.06. The van der Waals surface area contributed by atoms with Gasteiger partial charge in [0.2, 0.25) is 5.95 Å². The number of nitrogens with zero attached hydrogens (tertiary/aromatic N) is 3. The Labute approximate surface area is 147 Å². The lowest BCUT2D eigenvalue weighted by Gasteiger charge is -2.11. The van der Waals surface area contributed by atoms with Crippen molar-refractivity contribution >= 4 is 22.5 Å². The molecule has 0 aliphatic heterocycles. The Bertz CT molecular complexity index is 1010. The highest BCUT2D eigenvalue weighted by atomic mass is 19.1. The number of hydrogen-bond acceptors (Lipinski definition) is 5. The Morgan fingerprint density at radius 2 is 2.12 bits per heavy atom. The Kier molecular flexibility index (Phi) is 4.61. The van der Waals surface area contributed by atoms with Crippen molar-refractivity contribution in [2.75, 3.05) is 12.3 Å². The maximum Gasteiger partial charge on any atom is 0.332 e. The molecule has 134 valence electrons. The zero-order valence-electron chi connectivity index (χ0n) is 13.8. The minimum Gasteiger partial charge on any atom is -0.594 e. The first-order chi connectivity index (χ1) is 12.5. The summed E-state index contributed by atoms with van der Waals surface area (Å²) in [5, 5.41) is 18.7. The van der Waals surface area contributed by atoms with Gasteiger partial charge in [0.15, 0.2) is 5.52 Å². The molecule has 1 aromatic carbocycles. The maximum atomic E-state index is 14.4. The van der Waals surface area contributed by atoms with Gasteiger partial charge in [-0.25, -0.2) is 9.37 Å². The number of nitrogens with two attached hydrogens (primary N) is 1. The van der Waals surface area contributed by atoms with Gasteiger partial charge in [-0.1, -0.05) is 6.92 Å². The Balaban J connectivity index is 2.29. The second-order valence-electron chi connectivity index (χ2n) is 5.55. The van der Waals surface area contributed by atoms with Crippen LogP contribution in [-0.4, -0.2) is 22.5 Å². The number of anilines is 1. The molecule has 3 rings (SSSR count). The summed E-state index contributed by atoms with van der Waals surface area (Å²) >= 11 is 0. The number of halogens is 2. The average molecular weight is 359 g/mol. The van der Waals surface area contributed by atoms with Crippen LogP contribution < -0.4 is 15.9 Å². The van der Waals surface area contributed by atoms with E-state index in [0.717, 1.165) is 6.07 Å². The summed E-state index contributed by atoms with van der Waals surface area (Å²) in [5.74, 6) is -2.40. The molecule has 3 N–H and O–H groups in total. The zero-order valence-corrected chi connectivity index (χ0v) is 13.8. The van der Waals surface area contributed by atoms with Gasteiger partial charge < -0.3 is 16.3 Å². The smallest absolute Gasteiger partial charge is 0.332 e. The Hall–Kier alpha value is -3.36. The summed E-state index contributed by atoms with van der Waals surface area (Å²) in [6.45, 7) is 2.21. The molecule has 0 radical (unpaired) electrons. The third-order valence-electron chi connectivity index (χ3n) is 3.83. The molecular formula is C17H15F2N5O2. The summed E-state index contributed by atoms with van der Waals surface area (Å²) in [7, 11) is 0. The van der Waals surface area contributed by atoms with Crippen molar-refractivity contribution in [2.45, 2.75) is 13.3 Å². The fourth-order valence-electron chi connectivity index (χ4n) is 2.62. The minimum absolute atomic E-state index is 0.0277. The highest BCUT2D eigenvalue weighted by Gasteiger charge is 2.27. The molecule has 7 nitrogen and oxygen atoms in total. The number of nitrogens with one attached hydrogen (secondary N) is 1. The van der Waals surface area contributed by atoms with E-state index in [-0.39, 0.29) is 32.6 Å². The molecule has 26 heavy (non-hydrogen) atoms. The van der Waals surface area contributed by atoms with Crippen LogP contribution in [0.1, 0.15) is 23.8 Å². The quantitative estimate of drug-likeness (QED) is 0.420. The van der Waals surface area contributed by atoms with E-state index in [0.29, 0.717) is 13.0 Å². The van der Waals surface area contributed by atoms with Crippen LogP contribution in [-0.2, 0) is 0 Å². The molecule has 1 amide bonds. The minimum atomic E-state index is -0.915. The monoisotopic (exact) mass is 359 g/mol. The molecule has 0 aliphatic rings. The second-order valence-corrected chi connectivity index (χ2v) is 5.55. The maximum absolute atomic E-state index is 14.4. The van der Waals surface area contributed by atoms with Gasteiger partial charge in [-0.3, -0.25) is 4.79 Å². The van der Waals surface area contributed by atoms with Crippen molar-refractivity contribution in [3.8, 4) is 11.1 Å². The molecule has 0 bridgehead atoms. The first-order valence-electron chi connectivity index (χ1n) is 7.86. The third kappa shape index (κ3) is 2.87. The van der Waals surface area contributed by atoms with E-state index in [9.17, 15) is 18.8 Å². The number of carbonyl (C=O) groups is 1. The number of carbonyl (C=O) groups excluding carboxylic acids is 1. The van der Waals surface area contributed by atoms with E-state index in [4.69, 9.17) is 5.73 Å². The molecule has 0 aliphatic carbocycles. The van der Waals surface area contributed by atoms with Crippen LogP contribution in [0.4, 0.5) is 14.5 Å². The SMILES string of the molecule is CCCNC(=O)c1c(N)c2ccc(F)c(-c3cccnc3F)c2n[n+]1[O-]. The normalized spacial score (nSPS) is 10.9. The van der Waals surface area contributed by atoms with Crippen LogP contribution in [0.15, 0.2) is 30.5 Å². The topological polar surface area (TPSA) is 108 Å². The van der Waals surface area contributed by atoms with E-state index in [2.05, 4.69) is 15.4 Å². The van der Waals surface area contributed by atoms with Gasteiger partial charge in [0.25, 0.3) is 0 Å². The fourth-order valence-corrected chi connectivity index (χ4v) is 2.62. The first kappa shape index (κ1) is 17.5. The van der Waals surface area contributed by atoms with Crippen molar-refractivity contribution in [3.05, 3.63) is 53.1 Å². The van der Waals surface area contributed by atoms with Gasteiger partial charge in [0.05, 0.1) is 5.56 Å². The van der Waals surface area contributed by atoms with Crippen LogP contribution in [0.2, 0.25) is 0 Å². The van der Waals surface area contributed by atoms with Crippen molar-refractivity contribution in [3.63, 3.8) is 0 Å². The molecule has 0 spiro atoms. The number of aromatic nitrogens is 3. The van der Waals surface area contributed by atoms with E-state index in [1.54, 1.807) is 0 Å². The van der Waals surface area contributed by atoms with Gasteiger partial charge in [-0.05, 0) is 35.5 Å². The number of pyridine rings is 1. The van der Waals surface area contributed by atoms with E-state index < -0.39 is 23.4 Å². The van der Waals surface area contributed by atoms with Crippen molar-refractivity contribution < 1.29 is 18.4 Å². The number of fused-ring (bicyclic) bond motifs is 1. The average Bonchev–Trinajstić information content (AvgIpc) is 2.61. The van der Waals surface area contributed by atoms with E-state index in [1.807, 2.05) is 6.92 Å². The molecule has 2 heterocycles. The Morgan fingerprint density at radius 3 is 2.81 bits per heavy atom. The van der Waals surface area contributed by atoms with Gasteiger partial charge in [-0.2, -0.15) is 4.39 Å². The van der Waals surface area contributed by atoms with Crippen LogP contribution in [0, 0.1) is 17.0 Å². The first-order valence-corrected chi connectivity index (χ1v) is 7.86. The van der Waals surface area contributed by atoms with E-state index >= 15 is 0 Å². The third-order valence-corrected chi connectivity index (χ3v) is 3.83. The number of rotatable bonds is 4. The van der Waals surface area contributed by atoms with Gasteiger partial charge >= 0.3 is 11.6 Å². The lowest BCUT2D eigenvalue weighted by molar-refractivity contribution is -0.667. The summed E-state index contributed by atoms with van der Waals surface area (Å²) in [5.41, 5.74) is 4.85. The van der Waals surface area contributed by atoms with Crippen LogP contribution >= 0.6 is 0 Å². The summed E-state index contributed by atoms with van der Waals surface area (Å²) in [4.78, 5) is 15.7. The lowest BCUT2D eigenvalue weighted by Crippen LogP contribution is -2.43.